The van der Waals surface area contributed by atoms with Crippen LogP contribution in [0.5, 0.6) is 0 Å². The van der Waals surface area contributed by atoms with Gasteiger partial charge >= 0.3 is 0 Å². The van der Waals surface area contributed by atoms with Crippen molar-refractivity contribution in [1.29, 1.82) is 0 Å². The summed E-state index contributed by atoms with van der Waals surface area (Å²) in [5, 5.41) is 12.2. The summed E-state index contributed by atoms with van der Waals surface area (Å²) in [7, 11) is 0. The summed E-state index contributed by atoms with van der Waals surface area (Å²) < 4.78 is 5.54. The standard InChI is InChI=1S/C13H18N2O2S/c1-9-12(5-6-17-9)18-8-10-3-2-4-11(7-10)13(14)15-16/h2-4,7,9,12,16H,5-6,8H2,1H3,(H2,14,15). The van der Waals surface area contributed by atoms with Crippen LogP contribution in [0, 0.1) is 0 Å². The Hall–Kier alpha value is -1.20. The zero-order valence-electron chi connectivity index (χ0n) is 10.4. The molecule has 1 fully saturated rings. The third kappa shape index (κ3) is 3.17. The second kappa shape index (κ2) is 6.11. The van der Waals surface area contributed by atoms with E-state index < -0.39 is 0 Å². The van der Waals surface area contributed by atoms with Crippen molar-refractivity contribution < 1.29 is 9.94 Å². The monoisotopic (exact) mass is 266 g/mol. The zero-order valence-corrected chi connectivity index (χ0v) is 11.2. The lowest BCUT2D eigenvalue weighted by atomic mass is 10.1. The molecule has 1 aliphatic rings. The van der Waals surface area contributed by atoms with Crippen molar-refractivity contribution in [2.45, 2.75) is 30.5 Å². The Morgan fingerprint density at radius 2 is 2.44 bits per heavy atom. The van der Waals surface area contributed by atoms with Crippen LogP contribution in [0.1, 0.15) is 24.5 Å². The highest BCUT2D eigenvalue weighted by Crippen LogP contribution is 2.29. The van der Waals surface area contributed by atoms with Crippen LogP contribution in [0.3, 0.4) is 0 Å². The molecule has 1 aromatic rings. The normalized spacial score (nSPS) is 24.4. The van der Waals surface area contributed by atoms with Gasteiger partial charge in [-0.15, -0.1) is 0 Å². The highest BCUT2D eigenvalue weighted by atomic mass is 32.2. The number of nitrogens with zero attached hydrogens (tertiary/aromatic N) is 1. The topological polar surface area (TPSA) is 67.8 Å². The molecule has 0 saturated carbocycles. The van der Waals surface area contributed by atoms with Crippen LogP contribution >= 0.6 is 11.8 Å². The molecule has 2 unspecified atom stereocenters. The third-order valence-corrected chi connectivity index (χ3v) is 4.65. The molecule has 2 rings (SSSR count). The number of amidine groups is 1. The molecule has 1 aliphatic heterocycles. The van der Waals surface area contributed by atoms with Gasteiger partial charge in [0.05, 0.1) is 6.10 Å². The quantitative estimate of drug-likeness (QED) is 0.379. The third-order valence-electron chi connectivity index (χ3n) is 3.10. The Morgan fingerprint density at radius 3 is 3.11 bits per heavy atom. The molecule has 0 aliphatic carbocycles. The maximum absolute atomic E-state index is 8.66. The molecule has 1 saturated heterocycles. The van der Waals surface area contributed by atoms with E-state index in [2.05, 4.69) is 18.1 Å². The fourth-order valence-electron chi connectivity index (χ4n) is 2.01. The SMILES string of the molecule is CC1OCCC1SCc1cccc(/C(N)=N/O)c1. The maximum Gasteiger partial charge on any atom is 0.170 e. The minimum absolute atomic E-state index is 0.152. The van der Waals surface area contributed by atoms with Gasteiger partial charge in [0, 0.05) is 23.2 Å². The van der Waals surface area contributed by atoms with E-state index in [0.29, 0.717) is 11.4 Å². The molecule has 3 N–H and O–H groups in total. The number of oxime groups is 1. The summed E-state index contributed by atoms with van der Waals surface area (Å²) in [4.78, 5) is 0. The van der Waals surface area contributed by atoms with E-state index >= 15 is 0 Å². The van der Waals surface area contributed by atoms with Crippen LogP contribution in [0.4, 0.5) is 0 Å². The molecule has 5 heteroatoms. The van der Waals surface area contributed by atoms with Gasteiger partial charge in [0.15, 0.2) is 5.84 Å². The molecular weight excluding hydrogens is 248 g/mol. The minimum Gasteiger partial charge on any atom is -0.409 e. The van der Waals surface area contributed by atoms with Gasteiger partial charge in [0.25, 0.3) is 0 Å². The predicted molar refractivity (Wildman–Crippen MR) is 74.1 cm³/mol. The first-order valence-electron chi connectivity index (χ1n) is 6.00. The van der Waals surface area contributed by atoms with Gasteiger partial charge in [-0.1, -0.05) is 23.4 Å². The molecule has 4 nitrogen and oxygen atoms in total. The Balaban J connectivity index is 1.97. The maximum atomic E-state index is 8.66. The number of hydrogen-bond acceptors (Lipinski definition) is 4. The summed E-state index contributed by atoms with van der Waals surface area (Å²) >= 11 is 1.91. The first kappa shape index (κ1) is 13.2. The van der Waals surface area contributed by atoms with E-state index in [1.165, 1.54) is 5.56 Å². The first-order valence-corrected chi connectivity index (χ1v) is 7.05. The Kier molecular flexibility index (Phi) is 4.49. The van der Waals surface area contributed by atoms with Crippen molar-refractivity contribution in [2.75, 3.05) is 6.61 Å². The number of rotatable bonds is 4. The minimum atomic E-state index is 0.152. The highest BCUT2D eigenvalue weighted by molar-refractivity contribution is 7.99. The average Bonchev–Trinajstić information content (AvgIpc) is 2.81. The lowest BCUT2D eigenvalue weighted by Gasteiger charge is -2.13. The molecule has 0 bridgehead atoms. The van der Waals surface area contributed by atoms with Crippen molar-refractivity contribution in [3.05, 3.63) is 35.4 Å². The Bertz CT molecular complexity index is 437. The van der Waals surface area contributed by atoms with E-state index in [9.17, 15) is 0 Å². The van der Waals surface area contributed by atoms with E-state index in [0.717, 1.165) is 24.3 Å². The molecule has 1 aromatic carbocycles. The van der Waals surface area contributed by atoms with Gasteiger partial charge < -0.3 is 15.7 Å². The zero-order chi connectivity index (χ0) is 13.0. The van der Waals surface area contributed by atoms with E-state index in [4.69, 9.17) is 15.7 Å². The fraction of sp³-hybridized carbons (Fsp3) is 0.462. The van der Waals surface area contributed by atoms with Crippen molar-refractivity contribution in [1.82, 2.24) is 0 Å². The second-order valence-corrected chi connectivity index (χ2v) is 5.63. The van der Waals surface area contributed by atoms with Gasteiger partial charge in [0.2, 0.25) is 0 Å². The van der Waals surface area contributed by atoms with Crippen LogP contribution in [-0.4, -0.2) is 29.0 Å². The van der Waals surface area contributed by atoms with E-state index in [1.807, 2.05) is 30.0 Å². The largest absolute Gasteiger partial charge is 0.409 e. The Morgan fingerprint density at radius 1 is 1.61 bits per heavy atom. The molecule has 18 heavy (non-hydrogen) atoms. The van der Waals surface area contributed by atoms with Gasteiger partial charge in [-0.3, -0.25) is 0 Å². The molecule has 0 amide bonds. The van der Waals surface area contributed by atoms with Crippen molar-refractivity contribution in [3.8, 4) is 0 Å². The summed E-state index contributed by atoms with van der Waals surface area (Å²) in [6.07, 6.45) is 1.45. The lowest BCUT2D eigenvalue weighted by molar-refractivity contribution is 0.127. The molecular formula is C13H18N2O2S. The van der Waals surface area contributed by atoms with Gasteiger partial charge in [-0.25, -0.2) is 0 Å². The van der Waals surface area contributed by atoms with Gasteiger partial charge in [-0.05, 0) is 25.0 Å². The number of hydrogen-bond donors (Lipinski definition) is 2. The molecule has 2 atom stereocenters. The average molecular weight is 266 g/mol. The molecule has 0 aromatic heterocycles. The smallest absolute Gasteiger partial charge is 0.170 e. The van der Waals surface area contributed by atoms with E-state index in [-0.39, 0.29) is 5.84 Å². The predicted octanol–water partition coefficient (Wildman–Crippen LogP) is 2.19. The lowest BCUT2D eigenvalue weighted by Crippen LogP contribution is -2.14. The fourth-order valence-corrected chi connectivity index (χ4v) is 3.21. The van der Waals surface area contributed by atoms with Crippen LogP contribution in [0.15, 0.2) is 29.4 Å². The first-order chi connectivity index (χ1) is 8.70. The van der Waals surface area contributed by atoms with Crippen LogP contribution in [-0.2, 0) is 10.5 Å². The molecule has 1 heterocycles. The van der Waals surface area contributed by atoms with Gasteiger partial charge in [0.1, 0.15) is 0 Å². The van der Waals surface area contributed by atoms with Crippen LogP contribution < -0.4 is 5.73 Å². The van der Waals surface area contributed by atoms with Crippen molar-refractivity contribution in [3.63, 3.8) is 0 Å². The molecule has 98 valence electrons. The van der Waals surface area contributed by atoms with E-state index in [1.54, 1.807) is 0 Å². The number of thioether (sulfide) groups is 1. The van der Waals surface area contributed by atoms with Crippen molar-refractivity contribution >= 4 is 17.6 Å². The summed E-state index contributed by atoms with van der Waals surface area (Å²) in [6.45, 7) is 2.99. The summed E-state index contributed by atoms with van der Waals surface area (Å²) in [6, 6.07) is 7.78. The second-order valence-electron chi connectivity index (χ2n) is 4.40. The Labute approximate surface area is 111 Å². The van der Waals surface area contributed by atoms with Gasteiger partial charge in [-0.2, -0.15) is 11.8 Å². The van der Waals surface area contributed by atoms with Crippen LogP contribution in [0.2, 0.25) is 0 Å². The number of nitrogens with two attached hydrogens (primary N) is 1. The summed E-state index contributed by atoms with van der Waals surface area (Å²) in [5.41, 5.74) is 7.52. The number of ether oxygens (including phenoxy) is 1. The summed E-state index contributed by atoms with van der Waals surface area (Å²) in [5.74, 6) is 1.07. The van der Waals surface area contributed by atoms with Crippen LogP contribution in [0.25, 0.3) is 0 Å². The molecule has 0 radical (unpaired) electrons. The molecule has 0 spiro atoms. The highest BCUT2D eigenvalue weighted by Gasteiger charge is 2.24. The number of benzene rings is 1. The van der Waals surface area contributed by atoms with Crippen molar-refractivity contribution in [2.24, 2.45) is 10.9 Å².